The summed E-state index contributed by atoms with van der Waals surface area (Å²) in [4.78, 5) is 4.41. The molecule has 1 aromatic rings. The maximum Gasteiger partial charge on any atom is 0.0448 e. The summed E-state index contributed by atoms with van der Waals surface area (Å²) in [7, 11) is 0. The highest BCUT2D eigenvalue weighted by Crippen LogP contribution is 2.33. The van der Waals surface area contributed by atoms with Gasteiger partial charge < -0.3 is 0 Å². The summed E-state index contributed by atoms with van der Waals surface area (Å²) in [5.41, 5.74) is 2.76. The van der Waals surface area contributed by atoms with Gasteiger partial charge in [0.25, 0.3) is 0 Å². The molecule has 1 atom stereocenters. The first kappa shape index (κ1) is 8.48. The van der Waals surface area contributed by atoms with Crippen molar-refractivity contribution < 1.29 is 0 Å². The molecule has 1 heterocycles. The van der Waals surface area contributed by atoms with E-state index in [4.69, 9.17) is 0 Å². The third-order valence-corrected chi connectivity index (χ3v) is 3.36. The third kappa shape index (κ3) is 1.63. The molecule has 1 aliphatic rings. The molecule has 0 spiro atoms. The molecule has 0 aromatic carbocycles. The largest absolute Gasteiger partial charge is 0.261 e. The predicted molar refractivity (Wildman–Crippen MR) is 58.7 cm³/mol. The average molecular weight is 273 g/mol. The van der Waals surface area contributed by atoms with Crippen molar-refractivity contribution in [2.75, 3.05) is 0 Å². The first-order valence-corrected chi connectivity index (χ1v) is 5.37. The first-order valence-electron chi connectivity index (χ1n) is 4.29. The summed E-state index contributed by atoms with van der Waals surface area (Å²) in [5, 5.41) is 0. The van der Waals surface area contributed by atoms with E-state index in [0.717, 1.165) is 6.42 Å². The van der Waals surface area contributed by atoms with Crippen LogP contribution in [0.1, 0.15) is 24.6 Å². The van der Waals surface area contributed by atoms with Gasteiger partial charge in [0.2, 0.25) is 0 Å². The Morgan fingerprint density at radius 2 is 2.42 bits per heavy atom. The molecular formula is C10H12IN. The summed E-state index contributed by atoms with van der Waals surface area (Å²) in [6, 6.07) is 4.24. The Morgan fingerprint density at radius 1 is 1.58 bits per heavy atom. The van der Waals surface area contributed by atoms with Crippen molar-refractivity contribution in [2.24, 2.45) is 0 Å². The molecule has 0 fully saturated rings. The van der Waals surface area contributed by atoms with Crippen LogP contribution in [0.5, 0.6) is 0 Å². The number of fused-ring (bicyclic) bond motifs is 1. The smallest absolute Gasteiger partial charge is 0.0448 e. The van der Waals surface area contributed by atoms with Crippen LogP contribution in [0.15, 0.2) is 18.3 Å². The van der Waals surface area contributed by atoms with E-state index < -0.39 is 0 Å². The molecule has 0 bridgehead atoms. The Hall–Kier alpha value is -0.120. The van der Waals surface area contributed by atoms with Gasteiger partial charge in [-0.1, -0.05) is 35.6 Å². The van der Waals surface area contributed by atoms with E-state index in [-0.39, 0.29) is 0 Å². The van der Waals surface area contributed by atoms with Crippen molar-refractivity contribution in [1.82, 2.24) is 4.98 Å². The van der Waals surface area contributed by atoms with E-state index in [1.54, 1.807) is 0 Å². The van der Waals surface area contributed by atoms with Crippen molar-refractivity contribution in [3.63, 3.8) is 0 Å². The lowest BCUT2D eigenvalue weighted by molar-refractivity contribution is 0.565. The SMILES string of the molecule is CC1(I)CCc2cccnc2C1. The zero-order chi connectivity index (χ0) is 8.60. The van der Waals surface area contributed by atoms with Gasteiger partial charge in [-0.3, -0.25) is 4.98 Å². The van der Waals surface area contributed by atoms with E-state index in [1.165, 1.54) is 24.1 Å². The fraction of sp³-hybridized carbons (Fsp3) is 0.500. The summed E-state index contributed by atoms with van der Waals surface area (Å²) >= 11 is 2.55. The zero-order valence-corrected chi connectivity index (χ0v) is 9.34. The van der Waals surface area contributed by atoms with Crippen LogP contribution in [0.25, 0.3) is 0 Å². The molecule has 12 heavy (non-hydrogen) atoms. The lowest BCUT2D eigenvalue weighted by atomic mass is 9.88. The molecule has 0 N–H and O–H groups in total. The van der Waals surface area contributed by atoms with E-state index in [0.29, 0.717) is 3.42 Å². The lowest BCUT2D eigenvalue weighted by Gasteiger charge is -2.28. The van der Waals surface area contributed by atoms with Gasteiger partial charge >= 0.3 is 0 Å². The number of halogens is 1. The van der Waals surface area contributed by atoms with E-state index >= 15 is 0 Å². The maximum atomic E-state index is 4.41. The quantitative estimate of drug-likeness (QED) is 0.523. The number of alkyl halides is 1. The molecule has 1 aliphatic carbocycles. The molecule has 0 amide bonds. The fourth-order valence-corrected chi connectivity index (χ4v) is 2.32. The third-order valence-electron chi connectivity index (χ3n) is 2.44. The minimum Gasteiger partial charge on any atom is -0.261 e. The molecule has 2 heteroatoms. The maximum absolute atomic E-state index is 4.41. The Bertz CT molecular complexity index is 294. The molecule has 1 aromatic heterocycles. The van der Waals surface area contributed by atoms with Gasteiger partial charge in [0, 0.05) is 21.7 Å². The van der Waals surface area contributed by atoms with Gasteiger partial charge in [0.1, 0.15) is 0 Å². The molecule has 1 nitrogen and oxygen atoms in total. The molecular weight excluding hydrogens is 261 g/mol. The average Bonchev–Trinajstić information content (AvgIpc) is 2.02. The van der Waals surface area contributed by atoms with Gasteiger partial charge in [0.05, 0.1) is 0 Å². The number of pyridine rings is 1. The Morgan fingerprint density at radius 3 is 3.25 bits per heavy atom. The molecule has 1 unspecified atom stereocenters. The Balaban J connectivity index is 2.35. The highest BCUT2D eigenvalue weighted by Gasteiger charge is 2.27. The number of hydrogen-bond donors (Lipinski definition) is 0. The lowest BCUT2D eigenvalue weighted by Crippen LogP contribution is -2.26. The van der Waals surface area contributed by atoms with Gasteiger partial charge in [-0.05, 0) is 24.5 Å². The van der Waals surface area contributed by atoms with Gasteiger partial charge in [-0.2, -0.15) is 0 Å². The molecule has 0 saturated heterocycles. The minimum absolute atomic E-state index is 0.430. The van der Waals surface area contributed by atoms with Crippen LogP contribution in [-0.2, 0) is 12.8 Å². The topological polar surface area (TPSA) is 12.9 Å². The number of aryl methyl sites for hydroxylation is 1. The van der Waals surface area contributed by atoms with Crippen molar-refractivity contribution in [3.05, 3.63) is 29.6 Å². The number of hydrogen-bond acceptors (Lipinski definition) is 1. The van der Waals surface area contributed by atoms with Crippen molar-refractivity contribution in [3.8, 4) is 0 Å². The predicted octanol–water partition coefficient (Wildman–Crippen LogP) is 2.76. The van der Waals surface area contributed by atoms with Gasteiger partial charge in [-0.15, -0.1) is 0 Å². The van der Waals surface area contributed by atoms with Crippen LogP contribution in [0.2, 0.25) is 0 Å². The van der Waals surface area contributed by atoms with E-state index in [1.807, 2.05) is 12.3 Å². The van der Waals surface area contributed by atoms with Crippen molar-refractivity contribution >= 4 is 22.6 Å². The van der Waals surface area contributed by atoms with Crippen LogP contribution >= 0.6 is 22.6 Å². The van der Waals surface area contributed by atoms with E-state index in [9.17, 15) is 0 Å². The van der Waals surface area contributed by atoms with Crippen LogP contribution in [0, 0.1) is 0 Å². The van der Waals surface area contributed by atoms with Crippen LogP contribution < -0.4 is 0 Å². The summed E-state index contributed by atoms with van der Waals surface area (Å²) in [6.07, 6.45) is 5.51. The second kappa shape index (κ2) is 2.98. The fourth-order valence-electron chi connectivity index (χ4n) is 1.69. The van der Waals surface area contributed by atoms with Crippen LogP contribution in [0.4, 0.5) is 0 Å². The minimum atomic E-state index is 0.430. The number of nitrogens with zero attached hydrogens (tertiary/aromatic N) is 1. The normalized spacial score (nSPS) is 28.2. The van der Waals surface area contributed by atoms with Crippen LogP contribution in [0.3, 0.4) is 0 Å². The number of rotatable bonds is 0. The van der Waals surface area contributed by atoms with Crippen LogP contribution in [-0.4, -0.2) is 8.41 Å². The highest BCUT2D eigenvalue weighted by atomic mass is 127. The summed E-state index contributed by atoms with van der Waals surface area (Å²) in [5.74, 6) is 0. The second-order valence-electron chi connectivity index (χ2n) is 3.70. The first-order chi connectivity index (χ1) is 5.67. The van der Waals surface area contributed by atoms with E-state index in [2.05, 4.69) is 40.6 Å². The Kier molecular flexibility index (Phi) is 2.10. The highest BCUT2D eigenvalue weighted by molar-refractivity contribution is 14.1. The van der Waals surface area contributed by atoms with Gasteiger partial charge in [-0.25, -0.2) is 0 Å². The monoisotopic (exact) mass is 273 g/mol. The molecule has 2 rings (SSSR count). The number of aromatic nitrogens is 1. The standard InChI is InChI=1S/C10H12IN/c1-10(11)5-4-8-3-2-6-12-9(8)7-10/h2-3,6H,4-5,7H2,1H3. The molecule has 0 radical (unpaired) electrons. The summed E-state index contributed by atoms with van der Waals surface area (Å²) in [6.45, 7) is 2.31. The second-order valence-corrected chi connectivity index (χ2v) is 6.30. The molecule has 0 saturated carbocycles. The summed E-state index contributed by atoms with van der Waals surface area (Å²) < 4.78 is 0.430. The van der Waals surface area contributed by atoms with Gasteiger partial charge in [0.15, 0.2) is 0 Å². The zero-order valence-electron chi connectivity index (χ0n) is 7.18. The molecule has 0 aliphatic heterocycles. The van der Waals surface area contributed by atoms with Crippen molar-refractivity contribution in [2.45, 2.75) is 29.6 Å². The van der Waals surface area contributed by atoms with Crippen molar-refractivity contribution in [1.29, 1.82) is 0 Å². The molecule has 64 valence electrons. The Labute approximate surface area is 86.7 Å².